The molecule has 0 aromatic rings. The molecule has 0 heterocycles. The standard InChI is InChI=1S/C44H78O14P2/c1-3-4-5-6-7-8-9-10-12-17-20-23-26-29-32-35-44(48)58-42(39-57-60(52,53)56-37-41(46)36-55-59(49,50)51)38-54-43(47)34-31-28-25-22-19-16-14-11-13-15-18-21-24-27-30-33-40(2)45/h8-9,13-16,21-22,24-25,40-42,45-46H,3-7,10-12,17-20,23,26-39H2,1-2H3,(H,52,53)(H2,49,50,51)/b9-8-,15-13-,16-14-,24-21-,25-22-/t40-,41+,42-/m1/s1. The van der Waals surface area contributed by atoms with Gasteiger partial charge in [-0.1, -0.05) is 119 Å². The van der Waals surface area contributed by atoms with Gasteiger partial charge in [0.15, 0.2) is 6.10 Å². The number of aliphatic hydroxyl groups is 2. The molecule has 0 bridgehead atoms. The molecule has 0 radical (unpaired) electrons. The smallest absolute Gasteiger partial charge is 0.462 e. The third-order valence-electron chi connectivity index (χ3n) is 8.89. The molecule has 60 heavy (non-hydrogen) atoms. The monoisotopic (exact) mass is 892 g/mol. The van der Waals surface area contributed by atoms with Gasteiger partial charge in [0.2, 0.25) is 0 Å². The van der Waals surface area contributed by atoms with E-state index in [9.17, 15) is 33.8 Å². The molecule has 0 amide bonds. The third kappa shape index (κ3) is 43.9. The number of ether oxygens (including phenoxy) is 2. The van der Waals surface area contributed by atoms with Crippen LogP contribution in [0.2, 0.25) is 0 Å². The lowest BCUT2D eigenvalue weighted by Crippen LogP contribution is -2.30. The minimum atomic E-state index is -4.87. The third-order valence-corrected chi connectivity index (χ3v) is 10.3. The van der Waals surface area contributed by atoms with Crippen LogP contribution >= 0.6 is 15.6 Å². The number of carbonyl (C=O) groups excluding carboxylic acids is 2. The van der Waals surface area contributed by atoms with Crippen molar-refractivity contribution in [2.45, 2.75) is 180 Å². The van der Waals surface area contributed by atoms with E-state index >= 15 is 0 Å². The van der Waals surface area contributed by atoms with Gasteiger partial charge < -0.3 is 34.4 Å². The van der Waals surface area contributed by atoms with Gasteiger partial charge in [-0.2, -0.15) is 0 Å². The zero-order chi connectivity index (χ0) is 44.6. The Morgan fingerprint density at radius 1 is 0.533 bits per heavy atom. The number of aliphatic hydroxyl groups excluding tert-OH is 2. The molecule has 0 saturated heterocycles. The normalized spacial score (nSPS) is 15.1. The highest BCUT2D eigenvalue weighted by atomic mass is 31.2. The van der Waals surface area contributed by atoms with E-state index in [1.807, 2.05) is 12.2 Å². The minimum absolute atomic E-state index is 0.105. The summed E-state index contributed by atoms with van der Waals surface area (Å²) in [7, 11) is -9.70. The fraction of sp³-hybridized carbons (Fsp3) is 0.727. The number of allylic oxidation sites excluding steroid dienone is 10. The van der Waals surface area contributed by atoms with Crippen LogP contribution < -0.4 is 0 Å². The Hall–Kier alpha value is -2.22. The number of hydrogen-bond donors (Lipinski definition) is 5. The second-order valence-corrected chi connectivity index (χ2v) is 17.6. The SMILES string of the molecule is CCCCCC/C=C\CCCCCCCCCC(=O)O[C@H](COC(=O)CCC/C=C\C/C=C\C/C=C\C/C=C\CCC[C@@H](C)O)COP(=O)(O)OC[C@@H](O)COP(=O)(O)O. The number of hydrogen-bond acceptors (Lipinski definition) is 11. The molecule has 0 rings (SSSR count). The van der Waals surface area contributed by atoms with Crippen LogP contribution in [0.4, 0.5) is 0 Å². The highest BCUT2D eigenvalue weighted by molar-refractivity contribution is 7.47. The zero-order valence-electron chi connectivity index (χ0n) is 36.4. The predicted octanol–water partition coefficient (Wildman–Crippen LogP) is 10.2. The molecule has 5 N–H and O–H groups in total. The number of phosphoric ester groups is 2. The largest absolute Gasteiger partial charge is 0.472 e. The fourth-order valence-corrected chi connectivity index (χ4v) is 6.69. The maximum atomic E-state index is 12.7. The summed E-state index contributed by atoms with van der Waals surface area (Å²) < 4.78 is 47.7. The van der Waals surface area contributed by atoms with Crippen LogP contribution in [0.15, 0.2) is 60.8 Å². The van der Waals surface area contributed by atoms with Crippen LogP contribution in [0.1, 0.15) is 162 Å². The van der Waals surface area contributed by atoms with Crippen LogP contribution in [-0.2, 0) is 41.8 Å². The average Bonchev–Trinajstić information content (AvgIpc) is 3.19. The summed E-state index contributed by atoms with van der Waals surface area (Å²) in [5.41, 5.74) is 0. The summed E-state index contributed by atoms with van der Waals surface area (Å²) in [6, 6.07) is 0. The van der Waals surface area contributed by atoms with Gasteiger partial charge in [0.05, 0.1) is 25.9 Å². The molecule has 0 fully saturated rings. The number of carbonyl (C=O) groups is 2. The second kappa shape index (κ2) is 39.6. The van der Waals surface area contributed by atoms with Gasteiger partial charge in [0.1, 0.15) is 12.7 Å². The topological polar surface area (TPSA) is 216 Å². The van der Waals surface area contributed by atoms with Crippen LogP contribution in [0.3, 0.4) is 0 Å². The quantitative estimate of drug-likeness (QED) is 0.0167. The molecule has 348 valence electrons. The Morgan fingerprint density at radius 2 is 0.983 bits per heavy atom. The Labute approximate surface area is 360 Å². The summed E-state index contributed by atoms with van der Waals surface area (Å²) in [4.78, 5) is 52.7. The van der Waals surface area contributed by atoms with Gasteiger partial charge in [-0.05, 0) is 90.4 Å². The first kappa shape index (κ1) is 57.8. The summed E-state index contributed by atoms with van der Waals surface area (Å²) in [6.45, 7) is 1.22. The first-order valence-electron chi connectivity index (χ1n) is 22.0. The molecular formula is C44H78O14P2. The van der Waals surface area contributed by atoms with Crippen LogP contribution in [-0.4, -0.2) is 81.6 Å². The molecule has 4 atom stereocenters. The molecule has 0 aromatic carbocycles. The van der Waals surface area contributed by atoms with E-state index < -0.39 is 66.2 Å². The molecule has 0 aliphatic heterocycles. The van der Waals surface area contributed by atoms with Gasteiger partial charge in [-0.25, -0.2) is 9.13 Å². The van der Waals surface area contributed by atoms with E-state index in [1.54, 1.807) is 6.92 Å². The van der Waals surface area contributed by atoms with Crippen molar-refractivity contribution < 1.29 is 66.7 Å². The highest BCUT2D eigenvalue weighted by Gasteiger charge is 2.28. The molecule has 0 aliphatic rings. The van der Waals surface area contributed by atoms with Crippen molar-refractivity contribution in [2.75, 3.05) is 26.4 Å². The van der Waals surface area contributed by atoms with Crippen molar-refractivity contribution >= 4 is 27.6 Å². The van der Waals surface area contributed by atoms with Crippen LogP contribution in [0, 0.1) is 0 Å². The van der Waals surface area contributed by atoms with Crippen molar-refractivity contribution in [3.05, 3.63) is 60.8 Å². The van der Waals surface area contributed by atoms with Crippen LogP contribution in [0.5, 0.6) is 0 Å². The molecule has 0 saturated carbocycles. The second-order valence-electron chi connectivity index (χ2n) is 14.9. The summed E-state index contributed by atoms with van der Waals surface area (Å²) in [5.74, 6) is -1.12. The molecule has 0 aliphatic carbocycles. The predicted molar refractivity (Wildman–Crippen MR) is 236 cm³/mol. The summed E-state index contributed by atoms with van der Waals surface area (Å²) in [5, 5.41) is 19.0. The minimum Gasteiger partial charge on any atom is -0.462 e. The fourth-order valence-electron chi connectivity index (χ4n) is 5.53. The van der Waals surface area contributed by atoms with Crippen molar-refractivity contribution in [1.29, 1.82) is 0 Å². The molecule has 1 unspecified atom stereocenters. The maximum absolute atomic E-state index is 12.7. The van der Waals surface area contributed by atoms with Gasteiger partial charge >= 0.3 is 27.6 Å². The van der Waals surface area contributed by atoms with E-state index in [0.717, 1.165) is 77.0 Å². The van der Waals surface area contributed by atoms with E-state index in [4.69, 9.17) is 23.8 Å². The van der Waals surface area contributed by atoms with Crippen molar-refractivity contribution in [1.82, 2.24) is 0 Å². The zero-order valence-corrected chi connectivity index (χ0v) is 38.2. The molecule has 0 spiro atoms. The Balaban J connectivity index is 4.61. The van der Waals surface area contributed by atoms with Crippen molar-refractivity contribution in [3.8, 4) is 0 Å². The lowest BCUT2D eigenvalue weighted by molar-refractivity contribution is -0.161. The average molecular weight is 893 g/mol. The van der Waals surface area contributed by atoms with E-state index in [0.29, 0.717) is 19.3 Å². The van der Waals surface area contributed by atoms with Gasteiger partial charge in [-0.3, -0.25) is 23.2 Å². The Bertz CT molecular complexity index is 1310. The molecule has 14 nitrogen and oxygen atoms in total. The Kier molecular flexibility index (Phi) is 38.1. The highest BCUT2D eigenvalue weighted by Crippen LogP contribution is 2.43. The number of unbranched alkanes of at least 4 members (excludes halogenated alkanes) is 13. The van der Waals surface area contributed by atoms with Crippen molar-refractivity contribution in [2.24, 2.45) is 0 Å². The van der Waals surface area contributed by atoms with Crippen molar-refractivity contribution in [3.63, 3.8) is 0 Å². The first-order chi connectivity index (χ1) is 28.7. The van der Waals surface area contributed by atoms with Gasteiger partial charge in [-0.15, -0.1) is 0 Å². The molecule has 0 aromatic heterocycles. The van der Waals surface area contributed by atoms with E-state index in [-0.39, 0.29) is 18.9 Å². The lowest BCUT2D eigenvalue weighted by atomic mass is 10.1. The number of phosphoric acid groups is 2. The Morgan fingerprint density at radius 3 is 1.55 bits per heavy atom. The first-order valence-corrected chi connectivity index (χ1v) is 25.0. The summed E-state index contributed by atoms with van der Waals surface area (Å²) in [6.07, 6.45) is 39.2. The van der Waals surface area contributed by atoms with Gasteiger partial charge in [0, 0.05) is 12.8 Å². The summed E-state index contributed by atoms with van der Waals surface area (Å²) >= 11 is 0. The van der Waals surface area contributed by atoms with E-state index in [1.165, 1.54) is 38.5 Å². The maximum Gasteiger partial charge on any atom is 0.472 e. The van der Waals surface area contributed by atoms with Crippen LogP contribution in [0.25, 0.3) is 0 Å². The molecular weight excluding hydrogens is 814 g/mol. The van der Waals surface area contributed by atoms with Gasteiger partial charge in [0.25, 0.3) is 0 Å². The van der Waals surface area contributed by atoms with E-state index in [2.05, 4.69) is 64.6 Å². The molecule has 16 heteroatoms. The number of esters is 2. The number of rotatable bonds is 41. The lowest BCUT2D eigenvalue weighted by Gasteiger charge is -2.20.